The Morgan fingerprint density at radius 2 is 2.06 bits per heavy atom. The van der Waals surface area contributed by atoms with Crippen LogP contribution < -0.4 is 15.2 Å². The van der Waals surface area contributed by atoms with E-state index in [9.17, 15) is 0 Å². The van der Waals surface area contributed by atoms with Gasteiger partial charge in [-0.2, -0.15) is 5.10 Å². The summed E-state index contributed by atoms with van der Waals surface area (Å²) in [4.78, 5) is 0. The SMILES string of the molecule is COc1ccc(-c2nn(C)cc2CN)c(OC)c1. The number of rotatable bonds is 4. The number of hydrogen-bond donors (Lipinski definition) is 1. The summed E-state index contributed by atoms with van der Waals surface area (Å²) in [7, 11) is 5.13. The zero-order valence-corrected chi connectivity index (χ0v) is 10.8. The largest absolute Gasteiger partial charge is 0.497 e. The molecule has 5 heteroatoms. The maximum atomic E-state index is 5.73. The lowest BCUT2D eigenvalue weighted by molar-refractivity contribution is 0.395. The van der Waals surface area contributed by atoms with Gasteiger partial charge >= 0.3 is 0 Å². The van der Waals surface area contributed by atoms with E-state index in [1.54, 1.807) is 18.9 Å². The van der Waals surface area contributed by atoms with E-state index >= 15 is 0 Å². The molecule has 0 aliphatic carbocycles. The molecule has 2 rings (SSSR count). The molecule has 0 saturated carbocycles. The fourth-order valence-corrected chi connectivity index (χ4v) is 1.91. The summed E-state index contributed by atoms with van der Waals surface area (Å²) >= 11 is 0. The normalized spacial score (nSPS) is 10.4. The number of methoxy groups -OCH3 is 2. The van der Waals surface area contributed by atoms with Gasteiger partial charge in [-0.3, -0.25) is 4.68 Å². The van der Waals surface area contributed by atoms with Crippen molar-refractivity contribution in [3.63, 3.8) is 0 Å². The van der Waals surface area contributed by atoms with Crippen LogP contribution in [0.1, 0.15) is 5.56 Å². The van der Waals surface area contributed by atoms with Crippen LogP contribution in [-0.2, 0) is 13.6 Å². The van der Waals surface area contributed by atoms with Crippen LogP contribution in [0.2, 0.25) is 0 Å². The molecular weight excluding hydrogens is 230 g/mol. The van der Waals surface area contributed by atoms with Crippen molar-refractivity contribution < 1.29 is 9.47 Å². The number of aromatic nitrogens is 2. The molecule has 0 bridgehead atoms. The van der Waals surface area contributed by atoms with E-state index in [1.165, 1.54) is 0 Å². The van der Waals surface area contributed by atoms with E-state index in [0.717, 1.165) is 28.3 Å². The van der Waals surface area contributed by atoms with Gasteiger partial charge in [0.2, 0.25) is 0 Å². The van der Waals surface area contributed by atoms with Crippen LogP contribution in [0.4, 0.5) is 0 Å². The topological polar surface area (TPSA) is 62.3 Å². The van der Waals surface area contributed by atoms with Crippen molar-refractivity contribution in [1.82, 2.24) is 9.78 Å². The first kappa shape index (κ1) is 12.4. The molecule has 5 nitrogen and oxygen atoms in total. The summed E-state index contributed by atoms with van der Waals surface area (Å²) in [5.41, 5.74) is 8.48. The van der Waals surface area contributed by atoms with E-state index < -0.39 is 0 Å². The van der Waals surface area contributed by atoms with Gasteiger partial charge in [0.1, 0.15) is 17.2 Å². The fourth-order valence-electron chi connectivity index (χ4n) is 1.91. The van der Waals surface area contributed by atoms with Gasteiger partial charge in [0.05, 0.1) is 14.2 Å². The minimum absolute atomic E-state index is 0.443. The maximum absolute atomic E-state index is 5.73. The molecule has 0 radical (unpaired) electrons. The number of hydrogen-bond acceptors (Lipinski definition) is 4. The second-order valence-electron chi connectivity index (χ2n) is 3.95. The van der Waals surface area contributed by atoms with Gasteiger partial charge in [0.25, 0.3) is 0 Å². The van der Waals surface area contributed by atoms with Gasteiger partial charge in [-0.15, -0.1) is 0 Å². The Kier molecular flexibility index (Phi) is 3.53. The van der Waals surface area contributed by atoms with Gasteiger partial charge in [-0.1, -0.05) is 0 Å². The first-order chi connectivity index (χ1) is 8.69. The van der Waals surface area contributed by atoms with Crippen molar-refractivity contribution in [3.8, 4) is 22.8 Å². The molecule has 0 aliphatic rings. The molecule has 0 aliphatic heterocycles. The molecule has 0 amide bonds. The summed E-state index contributed by atoms with van der Waals surface area (Å²) in [6, 6.07) is 5.65. The first-order valence-electron chi connectivity index (χ1n) is 5.64. The van der Waals surface area contributed by atoms with Crippen LogP contribution in [0.15, 0.2) is 24.4 Å². The average Bonchev–Trinajstić information content (AvgIpc) is 2.78. The van der Waals surface area contributed by atoms with Crippen LogP contribution in [0.25, 0.3) is 11.3 Å². The molecule has 2 aromatic rings. The zero-order valence-electron chi connectivity index (χ0n) is 10.8. The van der Waals surface area contributed by atoms with Gasteiger partial charge in [-0.25, -0.2) is 0 Å². The smallest absolute Gasteiger partial charge is 0.132 e. The number of ether oxygens (including phenoxy) is 2. The molecule has 18 heavy (non-hydrogen) atoms. The third-order valence-electron chi connectivity index (χ3n) is 2.79. The molecule has 0 atom stereocenters. The number of benzene rings is 1. The van der Waals surface area contributed by atoms with E-state index in [4.69, 9.17) is 15.2 Å². The van der Waals surface area contributed by atoms with Crippen molar-refractivity contribution in [2.75, 3.05) is 14.2 Å². The third-order valence-corrected chi connectivity index (χ3v) is 2.79. The van der Waals surface area contributed by atoms with E-state index in [0.29, 0.717) is 6.54 Å². The second kappa shape index (κ2) is 5.10. The van der Waals surface area contributed by atoms with Gasteiger partial charge in [0, 0.05) is 37.0 Å². The van der Waals surface area contributed by atoms with Crippen molar-refractivity contribution >= 4 is 0 Å². The minimum atomic E-state index is 0.443. The molecule has 0 spiro atoms. The fraction of sp³-hybridized carbons (Fsp3) is 0.308. The number of aryl methyl sites for hydroxylation is 1. The molecule has 1 aromatic carbocycles. The number of nitrogens with zero attached hydrogens (tertiary/aromatic N) is 2. The van der Waals surface area contributed by atoms with Gasteiger partial charge in [-0.05, 0) is 12.1 Å². The maximum Gasteiger partial charge on any atom is 0.132 e. The van der Waals surface area contributed by atoms with E-state index in [2.05, 4.69) is 5.10 Å². The standard InChI is InChI=1S/C13H17N3O2/c1-16-8-9(7-14)13(15-16)11-5-4-10(17-2)6-12(11)18-3/h4-6,8H,7,14H2,1-3H3. The monoisotopic (exact) mass is 247 g/mol. The first-order valence-corrected chi connectivity index (χ1v) is 5.64. The predicted molar refractivity (Wildman–Crippen MR) is 69.6 cm³/mol. The van der Waals surface area contributed by atoms with Crippen molar-refractivity contribution in [2.45, 2.75) is 6.54 Å². The lowest BCUT2D eigenvalue weighted by Crippen LogP contribution is -1.98. The van der Waals surface area contributed by atoms with Crippen LogP contribution in [-0.4, -0.2) is 24.0 Å². The quantitative estimate of drug-likeness (QED) is 0.890. The summed E-state index contributed by atoms with van der Waals surface area (Å²) in [6.45, 7) is 0.443. The Morgan fingerprint density at radius 3 is 2.67 bits per heavy atom. The second-order valence-corrected chi connectivity index (χ2v) is 3.95. The number of nitrogens with two attached hydrogens (primary N) is 1. The average molecular weight is 247 g/mol. The van der Waals surface area contributed by atoms with Crippen LogP contribution in [0, 0.1) is 0 Å². The summed E-state index contributed by atoms with van der Waals surface area (Å²) < 4.78 is 12.3. The van der Waals surface area contributed by atoms with Crippen LogP contribution in [0.3, 0.4) is 0 Å². The molecule has 0 unspecified atom stereocenters. The summed E-state index contributed by atoms with van der Waals surface area (Å²) in [6.07, 6.45) is 1.92. The lowest BCUT2D eigenvalue weighted by Gasteiger charge is -2.09. The predicted octanol–water partition coefficient (Wildman–Crippen LogP) is 1.56. The highest BCUT2D eigenvalue weighted by atomic mass is 16.5. The Balaban J connectivity index is 2.55. The third kappa shape index (κ3) is 2.17. The van der Waals surface area contributed by atoms with E-state index in [-0.39, 0.29) is 0 Å². The molecular formula is C13H17N3O2. The van der Waals surface area contributed by atoms with Crippen molar-refractivity contribution in [3.05, 3.63) is 30.0 Å². The highest BCUT2D eigenvalue weighted by Gasteiger charge is 2.14. The molecule has 1 aromatic heterocycles. The molecule has 0 saturated heterocycles. The Labute approximate surface area is 106 Å². The van der Waals surface area contributed by atoms with Gasteiger partial charge < -0.3 is 15.2 Å². The van der Waals surface area contributed by atoms with Crippen molar-refractivity contribution in [1.29, 1.82) is 0 Å². The summed E-state index contributed by atoms with van der Waals surface area (Å²) in [5, 5.41) is 4.43. The zero-order chi connectivity index (χ0) is 13.1. The molecule has 96 valence electrons. The van der Waals surface area contributed by atoms with Crippen LogP contribution >= 0.6 is 0 Å². The molecule has 1 heterocycles. The summed E-state index contributed by atoms with van der Waals surface area (Å²) in [5.74, 6) is 1.48. The lowest BCUT2D eigenvalue weighted by atomic mass is 10.1. The Morgan fingerprint density at radius 1 is 1.28 bits per heavy atom. The van der Waals surface area contributed by atoms with Crippen LogP contribution in [0.5, 0.6) is 11.5 Å². The van der Waals surface area contributed by atoms with Gasteiger partial charge in [0.15, 0.2) is 0 Å². The Bertz CT molecular complexity index is 549. The highest BCUT2D eigenvalue weighted by Crippen LogP contribution is 2.33. The minimum Gasteiger partial charge on any atom is -0.497 e. The molecule has 2 N–H and O–H groups in total. The Hall–Kier alpha value is -2.01. The van der Waals surface area contributed by atoms with E-state index in [1.807, 2.05) is 31.4 Å². The van der Waals surface area contributed by atoms with Crippen molar-refractivity contribution in [2.24, 2.45) is 12.8 Å². The molecule has 0 fully saturated rings. The highest BCUT2D eigenvalue weighted by molar-refractivity contribution is 5.71.